The summed E-state index contributed by atoms with van der Waals surface area (Å²) in [4.78, 5) is 25.6. The molecule has 0 N–H and O–H groups in total. The summed E-state index contributed by atoms with van der Waals surface area (Å²) in [5.41, 5.74) is 1.65. The Bertz CT molecular complexity index is 726. The predicted molar refractivity (Wildman–Crippen MR) is 94.3 cm³/mol. The van der Waals surface area contributed by atoms with E-state index in [1.165, 1.54) is 7.11 Å². The second kappa shape index (κ2) is 5.72. The van der Waals surface area contributed by atoms with Crippen LogP contribution in [0.3, 0.4) is 0 Å². The zero-order chi connectivity index (χ0) is 18.6. The lowest BCUT2D eigenvalue weighted by atomic mass is 9.49. The van der Waals surface area contributed by atoms with Gasteiger partial charge in [0.05, 0.1) is 12.5 Å². The molecule has 0 aromatic heterocycles. The van der Waals surface area contributed by atoms with Crippen LogP contribution >= 0.6 is 0 Å². The van der Waals surface area contributed by atoms with E-state index in [4.69, 9.17) is 6.11 Å². The Hall–Kier alpha value is -1.64. The summed E-state index contributed by atoms with van der Waals surface area (Å²) in [6.07, 6.45) is 1.53. The van der Waals surface area contributed by atoms with E-state index in [2.05, 4.69) is 32.9 Å². The lowest BCUT2D eigenvalue weighted by Gasteiger charge is -2.53. The van der Waals surface area contributed by atoms with Crippen LogP contribution in [0, 0.1) is 11.3 Å². The molecule has 0 saturated heterocycles. The summed E-state index contributed by atoms with van der Waals surface area (Å²) in [6, 6.07) is 6.12. The first kappa shape index (κ1) is 15.9. The molecule has 1 aromatic carbocycles. The van der Waals surface area contributed by atoms with E-state index in [9.17, 15) is 9.59 Å². The molecule has 3 heteroatoms. The molecule has 0 radical (unpaired) electrons. The monoisotopic (exact) mass is 329 g/mol. The van der Waals surface area contributed by atoms with Crippen molar-refractivity contribution in [1.82, 2.24) is 0 Å². The number of benzene rings is 1. The van der Waals surface area contributed by atoms with Gasteiger partial charge in [0.25, 0.3) is 0 Å². The van der Waals surface area contributed by atoms with Gasteiger partial charge in [0.2, 0.25) is 0 Å². The van der Waals surface area contributed by atoms with Gasteiger partial charge in [0.15, 0.2) is 5.78 Å². The summed E-state index contributed by atoms with van der Waals surface area (Å²) in [5, 5.41) is 0. The molecule has 3 nitrogen and oxygen atoms in total. The summed E-state index contributed by atoms with van der Waals surface area (Å²) in [6.45, 7) is 8.21. The van der Waals surface area contributed by atoms with Gasteiger partial charge in [-0.15, -0.1) is 0 Å². The molecule has 130 valence electrons. The van der Waals surface area contributed by atoms with E-state index in [0.717, 1.165) is 24.0 Å². The highest BCUT2D eigenvalue weighted by atomic mass is 16.5. The van der Waals surface area contributed by atoms with Gasteiger partial charge in [-0.2, -0.15) is 0 Å². The minimum absolute atomic E-state index is 0.156. The van der Waals surface area contributed by atoms with Crippen LogP contribution in [0.4, 0.5) is 0 Å². The number of ketones is 1. The van der Waals surface area contributed by atoms with Crippen LogP contribution in [0.25, 0.3) is 0 Å². The number of carbonyl (C=O) groups excluding carboxylic acids is 2. The smallest absolute Gasteiger partial charge is 0.311 e. The fraction of sp³-hybridized carbons (Fsp3) is 0.619. The molecule has 0 amide bonds. The highest BCUT2D eigenvalue weighted by Crippen LogP contribution is 2.57. The highest BCUT2D eigenvalue weighted by Gasteiger charge is 2.57. The summed E-state index contributed by atoms with van der Waals surface area (Å²) >= 11 is 0. The third kappa shape index (κ3) is 2.32. The molecule has 24 heavy (non-hydrogen) atoms. The van der Waals surface area contributed by atoms with Crippen molar-refractivity contribution in [3.63, 3.8) is 0 Å². The van der Waals surface area contributed by atoms with Crippen molar-refractivity contribution in [3.05, 3.63) is 34.9 Å². The van der Waals surface area contributed by atoms with E-state index >= 15 is 0 Å². The average molecular weight is 329 g/mol. The first-order chi connectivity index (χ1) is 11.7. The second-order valence-corrected chi connectivity index (χ2v) is 8.15. The molecule has 4 atom stereocenters. The van der Waals surface area contributed by atoms with Crippen LogP contribution in [0.15, 0.2) is 18.2 Å². The third-order valence-corrected chi connectivity index (χ3v) is 6.33. The number of rotatable bonds is 2. The highest BCUT2D eigenvalue weighted by molar-refractivity contribution is 6.00. The van der Waals surface area contributed by atoms with Crippen LogP contribution in [0.1, 0.15) is 82.1 Å². The number of carbonyl (C=O) groups is 2. The van der Waals surface area contributed by atoms with E-state index < -0.39 is 11.8 Å². The van der Waals surface area contributed by atoms with Crippen molar-refractivity contribution in [2.24, 2.45) is 11.3 Å². The van der Waals surface area contributed by atoms with E-state index in [-0.39, 0.29) is 23.1 Å². The Balaban J connectivity index is 2.20. The van der Waals surface area contributed by atoms with Gasteiger partial charge >= 0.3 is 5.97 Å². The molecular formula is C21H28O3. The molecule has 0 heterocycles. The third-order valence-electron chi connectivity index (χ3n) is 6.33. The number of ether oxygens (including phenoxy) is 1. The van der Waals surface area contributed by atoms with Crippen molar-refractivity contribution >= 4 is 11.8 Å². The lowest BCUT2D eigenvalue weighted by Crippen LogP contribution is -2.53. The molecular weight excluding hydrogens is 300 g/mol. The molecule has 3 rings (SSSR count). The molecule has 0 bridgehead atoms. The quantitative estimate of drug-likeness (QED) is 0.743. The topological polar surface area (TPSA) is 43.4 Å². The minimum Gasteiger partial charge on any atom is -0.469 e. The summed E-state index contributed by atoms with van der Waals surface area (Å²) in [5.74, 6) is -0.474. The van der Waals surface area contributed by atoms with Crippen LogP contribution in [-0.2, 0) is 14.9 Å². The molecule has 1 saturated carbocycles. The fourth-order valence-electron chi connectivity index (χ4n) is 4.83. The van der Waals surface area contributed by atoms with Crippen LogP contribution in [0.2, 0.25) is 0 Å². The van der Waals surface area contributed by atoms with Crippen molar-refractivity contribution in [2.75, 3.05) is 7.11 Å². The standard InChI is InChI=1S/C21H28O3/c1-13(2)14-7-8-16-15(11-14)17(22)12-18-20(16,3)9-6-10-21(18,4)19(23)24-5/h7-8,11,13,18H,6,9-10,12H2,1-5H3/t18?,20-,21-/m1/s1/i12D/t12?,18?,20-,21-. The second-order valence-electron chi connectivity index (χ2n) is 8.15. The van der Waals surface area contributed by atoms with Crippen molar-refractivity contribution < 1.29 is 15.7 Å². The van der Waals surface area contributed by atoms with Crippen LogP contribution in [-0.4, -0.2) is 18.9 Å². The number of Topliss-reactive ketones (excluding diaryl/α,β-unsaturated/α-hetero) is 1. The molecule has 1 aromatic rings. The van der Waals surface area contributed by atoms with Crippen molar-refractivity contribution in [3.8, 4) is 0 Å². The van der Waals surface area contributed by atoms with E-state index in [1.54, 1.807) is 0 Å². The van der Waals surface area contributed by atoms with Gasteiger partial charge in [0, 0.05) is 13.3 Å². The Morgan fingerprint density at radius 1 is 1.33 bits per heavy atom. The van der Waals surface area contributed by atoms with Gasteiger partial charge in [-0.1, -0.05) is 39.3 Å². The Morgan fingerprint density at radius 3 is 2.67 bits per heavy atom. The van der Waals surface area contributed by atoms with Gasteiger partial charge in [-0.3, -0.25) is 9.59 Å². The summed E-state index contributed by atoms with van der Waals surface area (Å²) in [7, 11) is 1.39. The zero-order valence-electron chi connectivity index (χ0n) is 16.3. The number of hydrogen-bond acceptors (Lipinski definition) is 3. The molecule has 1 fully saturated rings. The minimum atomic E-state index is -0.927. The van der Waals surface area contributed by atoms with Crippen molar-refractivity contribution in [2.45, 2.75) is 64.7 Å². The molecule has 0 spiro atoms. The number of fused-ring (bicyclic) bond motifs is 3. The fourth-order valence-corrected chi connectivity index (χ4v) is 4.83. The SMILES string of the molecule is [2H]C1C(=O)c2cc(C(C)C)ccc2[C@@]2(C)CCC[C@@](C)(C(=O)OC)C12. The summed E-state index contributed by atoms with van der Waals surface area (Å²) < 4.78 is 13.8. The lowest BCUT2D eigenvalue weighted by molar-refractivity contribution is -0.160. The van der Waals surface area contributed by atoms with E-state index in [0.29, 0.717) is 17.9 Å². The number of esters is 1. The maximum Gasteiger partial charge on any atom is 0.311 e. The molecule has 2 aliphatic rings. The van der Waals surface area contributed by atoms with Crippen molar-refractivity contribution in [1.29, 1.82) is 0 Å². The Morgan fingerprint density at radius 2 is 2.04 bits per heavy atom. The van der Waals surface area contributed by atoms with Gasteiger partial charge in [-0.05, 0) is 54.2 Å². The van der Waals surface area contributed by atoms with Gasteiger partial charge in [0.1, 0.15) is 0 Å². The number of hydrogen-bond donors (Lipinski definition) is 0. The largest absolute Gasteiger partial charge is 0.469 e. The zero-order valence-corrected chi connectivity index (χ0v) is 15.3. The van der Waals surface area contributed by atoms with Gasteiger partial charge < -0.3 is 4.74 Å². The maximum atomic E-state index is 13.0. The molecule has 2 unspecified atom stereocenters. The Kier molecular flexibility index (Phi) is 3.78. The molecule has 0 aliphatic heterocycles. The normalized spacial score (nSPS) is 35.9. The first-order valence-corrected chi connectivity index (χ1v) is 8.86. The van der Waals surface area contributed by atoms with Gasteiger partial charge in [-0.25, -0.2) is 0 Å². The number of methoxy groups -OCH3 is 1. The van der Waals surface area contributed by atoms with E-state index in [1.807, 2.05) is 13.0 Å². The Labute approximate surface area is 146 Å². The average Bonchev–Trinajstić information content (AvgIpc) is 2.58. The van der Waals surface area contributed by atoms with Crippen LogP contribution < -0.4 is 0 Å². The molecule has 2 aliphatic carbocycles. The maximum absolute atomic E-state index is 13.0. The van der Waals surface area contributed by atoms with Crippen LogP contribution in [0.5, 0.6) is 0 Å². The first-order valence-electron chi connectivity index (χ1n) is 9.44. The predicted octanol–water partition coefficient (Wildman–Crippen LogP) is 4.63.